The quantitative estimate of drug-likeness (QED) is 0.774. The molecule has 2 N–H and O–H groups in total. The van der Waals surface area contributed by atoms with Gasteiger partial charge in [0, 0.05) is 20.3 Å². The van der Waals surface area contributed by atoms with Crippen molar-refractivity contribution in [3.8, 4) is 0 Å². The summed E-state index contributed by atoms with van der Waals surface area (Å²) in [7, 11) is 1.71. The van der Waals surface area contributed by atoms with Crippen molar-refractivity contribution in [3.05, 3.63) is 0 Å². The first-order valence-corrected chi connectivity index (χ1v) is 6.36. The normalized spacial score (nSPS) is 30.7. The molecule has 17 heavy (non-hydrogen) atoms. The van der Waals surface area contributed by atoms with Gasteiger partial charge in [0.25, 0.3) is 0 Å². The second-order valence-corrected chi connectivity index (χ2v) is 5.04. The van der Waals surface area contributed by atoms with Gasteiger partial charge >= 0.3 is 6.03 Å². The topological polar surface area (TPSA) is 59.6 Å². The van der Waals surface area contributed by atoms with Crippen LogP contribution in [0.5, 0.6) is 0 Å². The third-order valence-electron chi connectivity index (χ3n) is 3.96. The lowest BCUT2D eigenvalue weighted by molar-refractivity contribution is -0.0674. The van der Waals surface area contributed by atoms with Crippen LogP contribution in [0.15, 0.2) is 0 Å². The van der Waals surface area contributed by atoms with Crippen molar-refractivity contribution in [1.82, 2.24) is 10.6 Å². The van der Waals surface area contributed by atoms with E-state index in [9.17, 15) is 4.79 Å². The number of hydrogen-bond donors (Lipinski definition) is 2. The average Bonchev–Trinajstić information content (AvgIpc) is 2.64. The van der Waals surface area contributed by atoms with Crippen LogP contribution in [0, 0.1) is 0 Å². The smallest absolute Gasteiger partial charge is 0.315 e. The number of rotatable bonds is 4. The molecule has 5 heteroatoms. The Labute approximate surface area is 102 Å². The Kier molecular flexibility index (Phi) is 3.89. The SMILES string of the molecule is COC1(CNC(=O)N[C@@H]2CCO[C@@H]2C)CCC1. The van der Waals surface area contributed by atoms with Crippen LogP contribution in [0.3, 0.4) is 0 Å². The number of nitrogens with one attached hydrogen (secondary N) is 2. The van der Waals surface area contributed by atoms with Crippen molar-refractivity contribution in [2.75, 3.05) is 20.3 Å². The van der Waals surface area contributed by atoms with E-state index in [1.165, 1.54) is 6.42 Å². The highest BCUT2D eigenvalue weighted by Crippen LogP contribution is 2.34. The molecule has 98 valence electrons. The summed E-state index contributed by atoms with van der Waals surface area (Å²) in [5.41, 5.74) is -0.116. The highest BCUT2D eigenvalue weighted by atomic mass is 16.5. The molecule has 2 amide bonds. The summed E-state index contributed by atoms with van der Waals surface area (Å²) in [6.45, 7) is 3.31. The minimum Gasteiger partial charge on any atom is -0.376 e. The monoisotopic (exact) mass is 242 g/mol. The van der Waals surface area contributed by atoms with E-state index >= 15 is 0 Å². The molecule has 0 spiro atoms. The van der Waals surface area contributed by atoms with Gasteiger partial charge in [-0.15, -0.1) is 0 Å². The molecule has 0 aromatic carbocycles. The Morgan fingerprint density at radius 1 is 1.53 bits per heavy atom. The molecule has 1 saturated carbocycles. The molecule has 2 fully saturated rings. The first-order valence-electron chi connectivity index (χ1n) is 6.36. The highest BCUT2D eigenvalue weighted by molar-refractivity contribution is 5.74. The molecule has 0 aromatic heterocycles. The summed E-state index contributed by atoms with van der Waals surface area (Å²) in [6, 6.07) is 0.0190. The number of carbonyl (C=O) groups is 1. The predicted octanol–water partition coefficient (Wildman–Crippen LogP) is 1.03. The third-order valence-corrected chi connectivity index (χ3v) is 3.96. The van der Waals surface area contributed by atoms with E-state index in [2.05, 4.69) is 10.6 Å². The number of urea groups is 1. The summed E-state index contributed by atoms with van der Waals surface area (Å²) < 4.78 is 10.8. The maximum Gasteiger partial charge on any atom is 0.315 e. The van der Waals surface area contributed by atoms with E-state index in [1.54, 1.807) is 7.11 Å². The zero-order chi connectivity index (χ0) is 12.3. The van der Waals surface area contributed by atoms with E-state index in [-0.39, 0.29) is 23.8 Å². The Balaban J connectivity index is 1.70. The first-order chi connectivity index (χ1) is 8.15. The van der Waals surface area contributed by atoms with Crippen LogP contribution in [0.4, 0.5) is 4.79 Å². The van der Waals surface area contributed by atoms with Crippen molar-refractivity contribution < 1.29 is 14.3 Å². The Hall–Kier alpha value is -0.810. The second-order valence-electron chi connectivity index (χ2n) is 5.04. The van der Waals surface area contributed by atoms with Gasteiger partial charge in [-0.05, 0) is 32.6 Å². The fourth-order valence-corrected chi connectivity index (χ4v) is 2.41. The maximum atomic E-state index is 11.7. The molecule has 0 aromatic rings. The minimum atomic E-state index is -0.116. The molecule has 2 aliphatic rings. The number of ether oxygens (including phenoxy) is 2. The van der Waals surface area contributed by atoms with Gasteiger partial charge in [-0.1, -0.05) is 0 Å². The molecule has 1 aliphatic carbocycles. The van der Waals surface area contributed by atoms with Gasteiger partial charge < -0.3 is 20.1 Å². The highest BCUT2D eigenvalue weighted by Gasteiger charge is 2.37. The molecule has 1 heterocycles. The lowest BCUT2D eigenvalue weighted by Gasteiger charge is -2.40. The van der Waals surface area contributed by atoms with E-state index < -0.39 is 0 Å². The summed E-state index contributed by atoms with van der Waals surface area (Å²) in [5.74, 6) is 0. The van der Waals surface area contributed by atoms with Gasteiger partial charge in [0.05, 0.1) is 17.7 Å². The molecule has 0 unspecified atom stereocenters. The van der Waals surface area contributed by atoms with E-state index in [0.717, 1.165) is 25.9 Å². The van der Waals surface area contributed by atoms with Crippen molar-refractivity contribution >= 4 is 6.03 Å². The van der Waals surface area contributed by atoms with Crippen LogP contribution in [0.25, 0.3) is 0 Å². The van der Waals surface area contributed by atoms with Gasteiger partial charge in [-0.2, -0.15) is 0 Å². The number of methoxy groups -OCH3 is 1. The fourth-order valence-electron chi connectivity index (χ4n) is 2.41. The van der Waals surface area contributed by atoms with Crippen molar-refractivity contribution in [1.29, 1.82) is 0 Å². The number of hydrogen-bond acceptors (Lipinski definition) is 3. The van der Waals surface area contributed by atoms with Crippen LogP contribution in [-0.2, 0) is 9.47 Å². The summed E-state index contributed by atoms with van der Waals surface area (Å²) in [5, 5.41) is 5.84. The molecule has 5 nitrogen and oxygen atoms in total. The lowest BCUT2D eigenvalue weighted by Crippen LogP contribution is -2.53. The van der Waals surface area contributed by atoms with Gasteiger partial charge in [-0.25, -0.2) is 4.79 Å². The van der Waals surface area contributed by atoms with Gasteiger partial charge in [0.2, 0.25) is 0 Å². The maximum absolute atomic E-state index is 11.7. The third kappa shape index (κ3) is 2.90. The molecule has 2 rings (SSSR count). The van der Waals surface area contributed by atoms with Crippen LogP contribution >= 0.6 is 0 Å². The number of carbonyl (C=O) groups excluding carboxylic acids is 1. The Bertz CT molecular complexity index is 273. The molecular weight excluding hydrogens is 220 g/mol. The summed E-state index contributed by atoms with van der Waals surface area (Å²) >= 11 is 0. The van der Waals surface area contributed by atoms with Gasteiger partial charge in [0.15, 0.2) is 0 Å². The second kappa shape index (κ2) is 5.23. The van der Waals surface area contributed by atoms with E-state index in [4.69, 9.17) is 9.47 Å². The predicted molar refractivity (Wildman–Crippen MR) is 63.9 cm³/mol. The summed E-state index contributed by atoms with van der Waals surface area (Å²) in [6.07, 6.45) is 4.26. The zero-order valence-electron chi connectivity index (χ0n) is 10.6. The Morgan fingerprint density at radius 3 is 2.76 bits per heavy atom. The minimum absolute atomic E-state index is 0.112. The van der Waals surface area contributed by atoms with Crippen LogP contribution in [-0.4, -0.2) is 44.0 Å². The zero-order valence-corrected chi connectivity index (χ0v) is 10.6. The molecular formula is C12H22N2O3. The first kappa shape index (κ1) is 12.6. The van der Waals surface area contributed by atoms with Crippen molar-refractivity contribution in [2.24, 2.45) is 0 Å². The van der Waals surface area contributed by atoms with Crippen LogP contribution in [0.1, 0.15) is 32.6 Å². The molecule has 1 saturated heterocycles. The number of amides is 2. The molecule has 0 bridgehead atoms. The van der Waals surface area contributed by atoms with Crippen molar-refractivity contribution in [2.45, 2.75) is 50.4 Å². The van der Waals surface area contributed by atoms with E-state index in [1.807, 2.05) is 6.92 Å². The Morgan fingerprint density at radius 2 is 2.29 bits per heavy atom. The van der Waals surface area contributed by atoms with Crippen LogP contribution < -0.4 is 10.6 Å². The largest absolute Gasteiger partial charge is 0.376 e. The van der Waals surface area contributed by atoms with Gasteiger partial charge in [-0.3, -0.25) is 0 Å². The lowest BCUT2D eigenvalue weighted by atomic mass is 9.80. The standard InChI is InChI=1S/C12H22N2O3/c1-9-10(4-7-17-9)14-11(15)13-8-12(16-2)5-3-6-12/h9-10H,3-8H2,1-2H3,(H2,13,14,15)/t9-,10-/m1/s1. The summed E-state index contributed by atoms with van der Waals surface area (Å²) in [4.78, 5) is 11.7. The fraction of sp³-hybridized carbons (Fsp3) is 0.917. The molecule has 1 aliphatic heterocycles. The van der Waals surface area contributed by atoms with Crippen molar-refractivity contribution in [3.63, 3.8) is 0 Å². The van der Waals surface area contributed by atoms with Gasteiger partial charge in [0.1, 0.15) is 0 Å². The van der Waals surface area contributed by atoms with Crippen LogP contribution in [0.2, 0.25) is 0 Å². The average molecular weight is 242 g/mol. The van der Waals surface area contributed by atoms with E-state index in [0.29, 0.717) is 6.54 Å². The molecule has 2 atom stereocenters. The molecule has 0 radical (unpaired) electrons.